The van der Waals surface area contributed by atoms with Gasteiger partial charge in [-0.3, -0.25) is 14.0 Å². The lowest BCUT2D eigenvalue weighted by Crippen LogP contribution is -2.16. The van der Waals surface area contributed by atoms with Crippen molar-refractivity contribution in [1.29, 1.82) is 0 Å². The third kappa shape index (κ3) is 3.79. The Bertz CT molecular complexity index is 1180. The molecule has 2 heterocycles. The molecule has 0 aliphatic carbocycles. The topological polar surface area (TPSA) is 72.7 Å². The predicted molar refractivity (Wildman–Crippen MR) is 109 cm³/mol. The Morgan fingerprint density at radius 1 is 1.14 bits per heavy atom. The van der Waals surface area contributed by atoms with Crippen molar-refractivity contribution < 1.29 is 9.53 Å². The molecule has 0 atom stereocenters. The third-order valence-electron chi connectivity index (χ3n) is 4.16. The summed E-state index contributed by atoms with van der Waals surface area (Å²) in [6.07, 6.45) is 0. The minimum Gasteiger partial charge on any atom is -0.487 e. The van der Waals surface area contributed by atoms with Crippen molar-refractivity contribution in [1.82, 2.24) is 9.38 Å². The first kappa shape index (κ1) is 17.9. The number of ether oxygens (including phenoxy) is 1. The summed E-state index contributed by atoms with van der Waals surface area (Å²) in [5.41, 5.74) is 2.61. The molecule has 1 amide bonds. The van der Waals surface area contributed by atoms with E-state index >= 15 is 0 Å². The van der Waals surface area contributed by atoms with Crippen LogP contribution in [0.5, 0.6) is 5.75 Å². The van der Waals surface area contributed by atoms with Crippen LogP contribution in [0.15, 0.2) is 70.8 Å². The quantitative estimate of drug-likeness (QED) is 0.560. The average Bonchev–Trinajstić information content (AvgIpc) is 3.09. The van der Waals surface area contributed by atoms with E-state index in [0.29, 0.717) is 27.7 Å². The highest BCUT2D eigenvalue weighted by atomic mass is 32.1. The van der Waals surface area contributed by atoms with Gasteiger partial charge in [-0.1, -0.05) is 18.2 Å². The number of amides is 1. The van der Waals surface area contributed by atoms with Crippen LogP contribution in [-0.2, 0) is 6.61 Å². The van der Waals surface area contributed by atoms with Gasteiger partial charge < -0.3 is 10.1 Å². The highest BCUT2D eigenvalue weighted by molar-refractivity contribution is 7.15. The number of benzene rings is 2. The lowest BCUT2D eigenvalue weighted by molar-refractivity contribution is 0.102. The Labute approximate surface area is 165 Å². The molecule has 0 radical (unpaired) electrons. The first-order valence-corrected chi connectivity index (χ1v) is 9.54. The Morgan fingerprint density at radius 3 is 2.64 bits per heavy atom. The molecule has 1 N–H and O–H groups in total. The van der Waals surface area contributed by atoms with Crippen LogP contribution in [0, 0.1) is 6.92 Å². The molecule has 2 aromatic carbocycles. The number of nitrogens with one attached hydrogen (secondary N) is 1. The largest absolute Gasteiger partial charge is 0.487 e. The molecule has 0 spiro atoms. The van der Waals surface area contributed by atoms with E-state index in [4.69, 9.17) is 4.74 Å². The van der Waals surface area contributed by atoms with Crippen molar-refractivity contribution in [2.45, 2.75) is 13.5 Å². The van der Waals surface area contributed by atoms with Crippen molar-refractivity contribution in [2.24, 2.45) is 0 Å². The van der Waals surface area contributed by atoms with Gasteiger partial charge in [0.05, 0.1) is 5.69 Å². The number of fused-ring (bicyclic) bond motifs is 1. The van der Waals surface area contributed by atoms with E-state index in [2.05, 4.69) is 10.3 Å². The second-order valence-corrected chi connectivity index (χ2v) is 7.05. The van der Waals surface area contributed by atoms with Gasteiger partial charge in [-0.05, 0) is 43.3 Å². The first-order valence-electron chi connectivity index (χ1n) is 8.66. The number of rotatable bonds is 5. The third-order valence-corrected chi connectivity index (χ3v) is 5.11. The number of nitrogens with zero attached hydrogens (tertiary/aromatic N) is 2. The summed E-state index contributed by atoms with van der Waals surface area (Å²) in [6, 6.07) is 17.6. The van der Waals surface area contributed by atoms with Crippen molar-refractivity contribution in [3.63, 3.8) is 0 Å². The van der Waals surface area contributed by atoms with Gasteiger partial charge in [0.25, 0.3) is 11.5 Å². The molecule has 6 nitrogen and oxygen atoms in total. The Kier molecular flexibility index (Phi) is 4.90. The summed E-state index contributed by atoms with van der Waals surface area (Å²) >= 11 is 1.43. The van der Waals surface area contributed by atoms with E-state index in [1.165, 1.54) is 17.4 Å². The van der Waals surface area contributed by atoms with Crippen molar-refractivity contribution in [3.8, 4) is 5.75 Å². The van der Waals surface area contributed by atoms with Crippen molar-refractivity contribution in [3.05, 3.63) is 93.3 Å². The maximum atomic E-state index is 12.2. The average molecular weight is 391 g/mol. The number of hydrogen-bond acceptors (Lipinski definition) is 5. The van der Waals surface area contributed by atoms with Gasteiger partial charge >= 0.3 is 0 Å². The molecule has 0 aliphatic heterocycles. The number of carbonyl (C=O) groups excluding carboxylic acids is 1. The fourth-order valence-electron chi connectivity index (χ4n) is 2.76. The Morgan fingerprint density at radius 2 is 1.89 bits per heavy atom. The molecule has 140 valence electrons. The molecular weight excluding hydrogens is 374 g/mol. The number of anilines is 1. The number of thiazole rings is 1. The summed E-state index contributed by atoms with van der Waals surface area (Å²) in [7, 11) is 0. The molecule has 0 saturated carbocycles. The minimum absolute atomic E-state index is 0.110. The number of aryl methyl sites for hydroxylation is 1. The number of carbonyl (C=O) groups is 1. The summed E-state index contributed by atoms with van der Waals surface area (Å²) in [5.74, 6) is 0.459. The van der Waals surface area contributed by atoms with E-state index in [1.807, 2.05) is 30.5 Å². The van der Waals surface area contributed by atoms with Crippen molar-refractivity contribution >= 4 is 27.9 Å². The van der Waals surface area contributed by atoms with Crippen LogP contribution in [-0.4, -0.2) is 15.3 Å². The van der Waals surface area contributed by atoms with Crippen LogP contribution in [0.2, 0.25) is 0 Å². The van der Waals surface area contributed by atoms with E-state index in [9.17, 15) is 9.59 Å². The highest BCUT2D eigenvalue weighted by Crippen LogP contribution is 2.18. The molecule has 4 rings (SSSR count). The van der Waals surface area contributed by atoms with E-state index < -0.39 is 0 Å². The second-order valence-electron chi connectivity index (χ2n) is 6.21. The molecule has 0 fully saturated rings. The van der Waals surface area contributed by atoms with E-state index in [-0.39, 0.29) is 18.1 Å². The molecule has 0 aliphatic rings. The van der Waals surface area contributed by atoms with E-state index in [1.54, 1.807) is 40.8 Å². The van der Waals surface area contributed by atoms with E-state index in [0.717, 1.165) is 5.69 Å². The summed E-state index contributed by atoms with van der Waals surface area (Å²) in [4.78, 5) is 29.5. The van der Waals surface area contributed by atoms with Crippen molar-refractivity contribution in [2.75, 3.05) is 5.32 Å². The summed E-state index contributed by atoms with van der Waals surface area (Å²) in [6.45, 7) is 2.07. The van der Waals surface area contributed by atoms with Crippen LogP contribution < -0.4 is 15.6 Å². The molecule has 7 heteroatoms. The van der Waals surface area contributed by atoms with Crippen LogP contribution in [0.1, 0.15) is 21.7 Å². The fourth-order valence-corrected chi connectivity index (χ4v) is 3.65. The molecule has 0 unspecified atom stereocenters. The lowest BCUT2D eigenvalue weighted by atomic mass is 10.2. The molecule has 2 aromatic heterocycles. The summed E-state index contributed by atoms with van der Waals surface area (Å²) < 4.78 is 7.31. The molecule has 0 bridgehead atoms. The summed E-state index contributed by atoms with van der Waals surface area (Å²) in [5, 5.41) is 4.74. The van der Waals surface area contributed by atoms with Gasteiger partial charge in [0.2, 0.25) is 0 Å². The number of aromatic nitrogens is 2. The zero-order valence-electron chi connectivity index (χ0n) is 15.1. The predicted octanol–water partition coefficient (Wildman–Crippen LogP) is 3.90. The highest BCUT2D eigenvalue weighted by Gasteiger charge is 2.08. The number of hydrogen-bond donors (Lipinski definition) is 1. The van der Waals surface area contributed by atoms with Crippen LogP contribution >= 0.6 is 11.3 Å². The standard InChI is InChI=1S/C21H17N3O3S/c1-14-13-28-21-23-17(11-19(25)24(14)21)12-27-18-9-7-16(8-10-18)22-20(26)15-5-3-2-4-6-15/h2-11,13H,12H2,1H3,(H,22,26). The lowest BCUT2D eigenvalue weighted by Gasteiger charge is -2.08. The Balaban J connectivity index is 1.41. The monoisotopic (exact) mass is 391 g/mol. The molecule has 4 aromatic rings. The van der Waals surface area contributed by atoms with Gasteiger partial charge in [-0.2, -0.15) is 0 Å². The zero-order valence-corrected chi connectivity index (χ0v) is 15.9. The molecular formula is C21H17N3O3S. The van der Waals surface area contributed by atoms with Gasteiger partial charge in [0.1, 0.15) is 12.4 Å². The normalized spacial score (nSPS) is 10.8. The molecule has 0 saturated heterocycles. The van der Waals surface area contributed by atoms with Crippen LogP contribution in [0.4, 0.5) is 5.69 Å². The Hall–Kier alpha value is -3.45. The minimum atomic E-state index is -0.168. The van der Waals surface area contributed by atoms with Gasteiger partial charge in [-0.25, -0.2) is 4.98 Å². The van der Waals surface area contributed by atoms with Gasteiger partial charge in [-0.15, -0.1) is 11.3 Å². The molecule has 28 heavy (non-hydrogen) atoms. The van der Waals surface area contributed by atoms with Crippen LogP contribution in [0.3, 0.4) is 0 Å². The SMILES string of the molecule is Cc1csc2nc(COc3ccc(NC(=O)c4ccccc4)cc3)cc(=O)n12. The van der Waals surface area contributed by atoms with Crippen LogP contribution in [0.25, 0.3) is 4.96 Å². The maximum Gasteiger partial charge on any atom is 0.259 e. The van der Waals surface area contributed by atoms with Gasteiger partial charge in [0.15, 0.2) is 4.96 Å². The second kappa shape index (κ2) is 7.66. The first-order chi connectivity index (χ1) is 13.6. The smallest absolute Gasteiger partial charge is 0.259 e. The zero-order chi connectivity index (χ0) is 19.5. The fraction of sp³-hybridized carbons (Fsp3) is 0.0952. The maximum absolute atomic E-state index is 12.2. The van der Waals surface area contributed by atoms with Gasteiger partial charge in [0, 0.05) is 28.4 Å².